The van der Waals surface area contributed by atoms with E-state index < -0.39 is 12.1 Å². The molecular formula is C32H37N7O5. The predicted octanol–water partition coefficient (Wildman–Crippen LogP) is 5.34. The van der Waals surface area contributed by atoms with E-state index in [1.54, 1.807) is 36.7 Å². The summed E-state index contributed by atoms with van der Waals surface area (Å²) in [5.74, 6) is -0.0458. The van der Waals surface area contributed by atoms with Crippen LogP contribution in [0.2, 0.25) is 0 Å². The fourth-order valence-electron chi connectivity index (χ4n) is 4.48. The van der Waals surface area contributed by atoms with Gasteiger partial charge in [0.25, 0.3) is 0 Å². The number of hydrazone groups is 1. The van der Waals surface area contributed by atoms with Gasteiger partial charge in [-0.25, -0.2) is 20.2 Å². The van der Waals surface area contributed by atoms with Crippen LogP contribution in [-0.4, -0.2) is 56.9 Å². The number of hydrogen-bond acceptors (Lipinski definition) is 9. The highest BCUT2D eigenvalue weighted by Gasteiger charge is 2.17. The van der Waals surface area contributed by atoms with Crippen molar-refractivity contribution in [3.05, 3.63) is 83.3 Å². The molecule has 230 valence electrons. The lowest BCUT2D eigenvalue weighted by atomic mass is 10.0. The number of rotatable bonds is 16. The number of pyridine rings is 1. The number of hydrogen-bond donors (Lipinski definition) is 4. The molecule has 0 aliphatic heterocycles. The number of carboxylic acids is 1. The molecule has 0 aliphatic carbocycles. The van der Waals surface area contributed by atoms with Crippen molar-refractivity contribution in [1.29, 1.82) is 0 Å². The van der Waals surface area contributed by atoms with Gasteiger partial charge in [0.05, 0.1) is 42.4 Å². The number of nitrogens with one attached hydrogen (secondary N) is 3. The summed E-state index contributed by atoms with van der Waals surface area (Å²) in [5.41, 5.74) is 6.43. The number of fused-ring (bicyclic) bond motifs is 1. The summed E-state index contributed by atoms with van der Waals surface area (Å²) in [6.07, 6.45) is 6.58. The Morgan fingerprint density at radius 1 is 1.05 bits per heavy atom. The molecule has 4 rings (SSSR count). The fraction of sp³-hybridized carbons (Fsp3) is 0.312. The number of unbranched alkanes of at least 4 members (excludes halogenated alkanes) is 3. The zero-order chi connectivity index (χ0) is 31.3. The topological polar surface area (TPSA) is 160 Å². The Morgan fingerprint density at radius 3 is 2.64 bits per heavy atom. The molecule has 0 atom stereocenters. The monoisotopic (exact) mass is 599 g/mol. The number of ketones is 1. The first kappa shape index (κ1) is 31.7. The molecule has 0 bridgehead atoms. The van der Waals surface area contributed by atoms with E-state index in [4.69, 9.17) is 14.8 Å². The highest BCUT2D eigenvalue weighted by Crippen LogP contribution is 2.22. The van der Waals surface area contributed by atoms with E-state index in [-0.39, 0.29) is 18.7 Å². The van der Waals surface area contributed by atoms with Crippen LogP contribution < -0.4 is 16.1 Å². The van der Waals surface area contributed by atoms with Crippen molar-refractivity contribution in [1.82, 2.24) is 20.0 Å². The standard InChI is InChI=1S/C32H37N7O5/c1-3-4-5-6-18-44-32(43)38-36-20-22-9-12-24(13-10-22)35-21-28-37-26-19-23(11-14-27(26)39(28)2)30(42)25-8-7-16-33-31(25)34-17-15-29(40)41/h7-14,16,19-20,35H,3-6,15,17-18,21H2,1-2H3,(H,33,34)(H,38,43)(H,40,41). The number of carbonyl (C=O) groups excluding carboxylic acids is 2. The first-order chi connectivity index (χ1) is 21.4. The van der Waals surface area contributed by atoms with Gasteiger partial charge in [-0.15, -0.1) is 0 Å². The number of aliphatic carboxylic acids is 1. The molecule has 44 heavy (non-hydrogen) atoms. The molecule has 0 unspecified atom stereocenters. The average molecular weight is 600 g/mol. The number of nitrogens with zero attached hydrogens (tertiary/aromatic N) is 4. The number of aryl methyl sites for hydroxylation is 1. The number of benzene rings is 2. The van der Waals surface area contributed by atoms with Crippen molar-refractivity contribution in [2.45, 2.75) is 45.6 Å². The Balaban J connectivity index is 1.33. The molecule has 2 heterocycles. The van der Waals surface area contributed by atoms with Crippen LogP contribution in [0.5, 0.6) is 0 Å². The van der Waals surface area contributed by atoms with Crippen molar-refractivity contribution in [3.63, 3.8) is 0 Å². The van der Waals surface area contributed by atoms with Gasteiger partial charge in [0.1, 0.15) is 11.6 Å². The van der Waals surface area contributed by atoms with Gasteiger partial charge in [-0.3, -0.25) is 9.59 Å². The Bertz CT molecular complexity index is 1620. The largest absolute Gasteiger partial charge is 0.481 e. The third-order valence-corrected chi connectivity index (χ3v) is 6.88. The van der Waals surface area contributed by atoms with Crippen LogP contribution in [-0.2, 0) is 23.1 Å². The lowest BCUT2D eigenvalue weighted by Gasteiger charge is -2.09. The van der Waals surface area contributed by atoms with Crippen LogP contribution in [0, 0.1) is 0 Å². The van der Waals surface area contributed by atoms with Gasteiger partial charge in [-0.05, 0) is 54.4 Å². The minimum absolute atomic E-state index is 0.0891. The number of carboxylic acid groups (broad SMARTS) is 1. The Morgan fingerprint density at radius 2 is 1.86 bits per heavy atom. The maximum Gasteiger partial charge on any atom is 0.427 e. The average Bonchev–Trinajstić information content (AvgIpc) is 3.34. The van der Waals surface area contributed by atoms with Crippen LogP contribution in [0.1, 0.15) is 66.3 Å². The first-order valence-corrected chi connectivity index (χ1v) is 14.6. The van der Waals surface area contributed by atoms with Crippen LogP contribution in [0.3, 0.4) is 0 Å². The molecule has 12 nitrogen and oxygen atoms in total. The van der Waals surface area contributed by atoms with Crippen LogP contribution in [0.15, 0.2) is 65.9 Å². The summed E-state index contributed by atoms with van der Waals surface area (Å²) >= 11 is 0. The molecule has 0 radical (unpaired) electrons. The number of imidazole rings is 1. The highest BCUT2D eigenvalue weighted by atomic mass is 16.5. The Hall–Kier alpha value is -5.26. The minimum atomic E-state index is -0.935. The molecule has 0 spiro atoms. The molecular weight excluding hydrogens is 562 g/mol. The van der Waals surface area contributed by atoms with E-state index in [1.165, 1.54) is 0 Å². The zero-order valence-corrected chi connectivity index (χ0v) is 24.9. The second-order valence-corrected chi connectivity index (χ2v) is 10.1. The molecule has 0 saturated carbocycles. The maximum atomic E-state index is 13.3. The third-order valence-electron chi connectivity index (χ3n) is 6.88. The van der Waals surface area contributed by atoms with Gasteiger partial charge < -0.3 is 25.0 Å². The van der Waals surface area contributed by atoms with E-state index >= 15 is 0 Å². The van der Waals surface area contributed by atoms with E-state index in [0.717, 1.165) is 48.3 Å². The molecule has 2 aromatic carbocycles. The summed E-state index contributed by atoms with van der Waals surface area (Å²) in [4.78, 5) is 44.9. The highest BCUT2D eigenvalue weighted by molar-refractivity contribution is 6.13. The smallest absolute Gasteiger partial charge is 0.427 e. The van der Waals surface area contributed by atoms with Crippen molar-refractivity contribution in [2.75, 3.05) is 23.8 Å². The van der Waals surface area contributed by atoms with E-state index in [0.29, 0.717) is 35.6 Å². The van der Waals surface area contributed by atoms with Gasteiger partial charge in [0.15, 0.2) is 5.78 Å². The van der Waals surface area contributed by atoms with Crippen molar-refractivity contribution < 1.29 is 24.2 Å². The summed E-state index contributed by atoms with van der Waals surface area (Å²) in [6, 6.07) is 16.2. The molecule has 0 fully saturated rings. The van der Waals surface area contributed by atoms with Gasteiger partial charge in [0, 0.05) is 31.0 Å². The molecule has 2 aromatic heterocycles. The SMILES string of the molecule is CCCCCCOC(=O)NN=Cc1ccc(NCc2nc3cc(C(=O)c4cccnc4NCCC(=O)O)ccc3n2C)cc1. The van der Waals surface area contributed by atoms with E-state index in [2.05, 4.69) is 33.1 Å². The first-order valence-electron chi connectivity index (χ1n) is 14.6. The molecule has 0 saturated heterocycles. The number of aromatic nitrogens is 3. The summed E-state index contributed by atoms with van der Waals surface area (Å²) < 4.78 is 7.06. The second-order valence-electron chi connectivity index (χ2n) is 10.1. The summed E-state index contributed by atoms with van der Waals surface area (Å²) in [5, 5.41) is 19.1. The lowest BCUT2D eigenvalue weighted by Crippen LogP contribution is -2.19. The van der Waals surface area contributed by atoms with Crippen LogP contribution >= 0.6 is 0 Å². The maximum absolute atomic E-state index is 13.3. The number of anilines is 2. The van der Waals surface area contributed by atoms with E-state index in [9.17, 15) is 14.4 Å². The molecule has 4 aromatic rings. The van der Waals surface area contributed by atoms with Gasteiger partial charge in [-0.1, -0.05) is 38.3 Å². The normalized spacial score (nSPS) is 11.0. The van der Waals surface area contributed by atoms with Gasteiger partial charge in [-0.2, -0.15) is 5.10 Å². The predicted molar refractivity (Wildman–Crippen MR) is 169 cm³/mol. The molecule has 1 amide bonds. The van der Waals surface area contributed by atoms with Gasteiger partial charge in [0.2, 0.25) is 0 Å². The molecule has 4 N–H and O–H groups in total. The van der Waals surface area contributed by atoms with Crippen LogP contribution in [0.4, 0.5) is 16.3 Å². The molecule has 0 aliphatic rings. The number of amides is 1. The van der Waals surface area contributed by atoms with Crippen molar-refractivity contribution in [2.24, 2.45) is 12.1 Å². The van der Waals surface area contributed by atoms with Crippen molar-refractivity contribution in [3.8, 4) is 0 Å². The Kier molecular flexibility index (Phi) is 11.4. The number of carbonyl (C=O) groups is 3. The zero-order valence-electron chi connectivity index (χ0n) is 24.9. The van der Waals surface area contributed by atoms with Crippen molar-refractivity contribution >= 4 is 46.6 Å². The Labute approximate surface area is 255 Å². The quantitative estimate of drug-likeness (QED) is 0.0577. The fourth-order valence-corrected chi connectivity index (χ4v) is 4.48. The summed E-state index contributed by atoms with van der Waals surface area (Å²) in [6.45, 7) is 3.12. The van der Waals surface area contributed by atoms with E-state index in [1.807, 2.05) is 41.9 Å². The number of ether oxygens (including phenoxy) is 1. The summed E-state index contributed by atoms with van der Waals surface area (Å²) in [7, 11) is 1.92. The second kappa shape index (κ2) is 15.8. The lowest BCUT2D eigenvalue weighted by molar-refractivity contribution is -0.136. The minimum Gasteiger partial charge on any atom is -0.481 e. The third kappa shape index (κ3) is 8.87. The van der Waals surface area contributed by atoms with Crippen LogP contribution in [0.25, 0.3) is 11.0 Å². The van der Waals surface area contributed by atoms with Gasteiger partial charge >= 0.3 is 12.1 Å². The molecule has 12 heteroatoms.